The molecule has 0 aromatic heterocycles. The molecule has 0 radical (unpaired) electrons. The molecule has 0 saturated heterocycles. The molecule has 2 atom stereocenters. The summed E-state index contributed by atoms with van der Waals surface area (Å²) in [5.74, 6) is -0.0665. The summed E-state index contributed by atoms with van der Waals surface area (Å²) in [7, 11) is 0. The number of allylic oxidation sites excluding steroid dienone is 3. The van der Waals surface area contributed by atoms with E-state index in [-0.39, 0.29) is 12.5 Å². The van der Waals surface area contributed by atoms with E-state index in [1.54, 1.807) is 6.08 Å². The highest BCUT2D eigenvalue weighted by molar-refractivity contribution is 5.76. The minimum atomic E-state index is -0.859. The summed E-state index contributed by atoms with van der Waals surface area (Å²) in [6.45, 7) is 4.34. The van der Waals surface area contributed by atoms with Crippen LogP contribution in [0.2, 0.25) is 0 Å². The number of unbranched alkanes of at least 4 members (excludes halogenated alkanes) is 45. The van der Waals surface area contributed by atoms with Crippen LogP contribution in [0.3, 0.4) is 0 Å². The van der Waals surface area contributed by atoms with Gasteiger partial charge in [0.1, 0.15) is 0 Å². The summed E-state index contributed by atoms with van der Waals surface area (Å²) in [6, 6.07) is -0.636. The summed E-state index contributed by atoms with van der Waals surface area (Å²) in [5.41, 5.74) is 0. The molecule has 3 N–H and O–H groups in total. The Morgan fingerprint density at radius 3 is 0.921 bits per heavy atom. The Balaban J connectivity index is 3.44. The van der Waals surface area contributed by atoms with Gasteiger partial charge in [-0.1, -0.05) is 314 Å². The summed E-state index contributed by atoms with van der Waals surface area (Å²) < 4.78 is 0. The van der Waals surface area contributed by atoms with Gasteiger partial charge in [0.15, 0.2) is 0 Å². The largest absolute Gasteiger partial charge is 0.394 e. The van der Waals surface area contributed by atoms with Crippen molar-refractivity contribution in [1.29, 1.82) is 0 Å². The number of carbonyl (C=O) groups excluding carboxylic acids is 1. The van der Waals surface area contributed by atoms with Crippen molar-refractivity contribution in [3.05, 3.63) is 24.3 Å². The lowest BCUT2D eigenvalue weighted by molar-refractivity contribution is -0.123. The van der Waals surface area contributed by atoms with E-state index in [0.29, 0.717) is 6.42 Å². The van der Waals surface area contributed by atoms with E-state index in [9.17, 15) is 15.0 Å². The minimum absolute atomic E-state index is 0.0665. The summed E-state index contributed by atoms with van der Waals surface area (Å²) >= 11 is 0. The zero-order valence-electron chi connectivity index (χ0n) is 43.1. The van der Waals surface area contributed by atoms with Gasteiger partial charge < -0.3 is 15.5 Å². The maximum absolute atomic E-state index is 12.5. The fourth-order valence-electron chi connectivity index (χ4n) is 9.26. The Labute approximate surface area is 396 Å². The van der Waals surface area contributed by atoms with E-state index in [1.807, 2.05) is 6.08 Å². The Kier molecular flexibility index (Phi) is 54.2. The van der Waals surface area contributed by atoms with Crippen LogP contribution < -0.4 is 5.32 Å². The third-order valence-corrected chi connectivity index (χ3v) is 13.7. The maximum atomic E-state index is 12.5. The third kappa shape index (κ3) is 51.7. The molecule has 0 heterocycles. The number of hydrogen-bond acceptors (Lipinski definition) is 3. The molecule has 0 bridgehead atoms. The van der Waals surface area contributed by atoms with Crippen LogP contribution in [0.4, 0.5) is 0 Å². The molecule has 1 amide bonds. The smallest absolute Gasteiger partial charge is 0.220 e. The van der Waals surface area contributed by atoms with Crippen LogP contribution in [-0.4, -0.2) is 34.9 Å². The molecule has 0 spiro atoms. The number of rotatable bonds is 54. The first kappa shape index (κ1) is 61.9. The lowest BCUT2D eigenvalue weighted by Gasteiger charge is -2.19. The van der Waals surface area contributed by atoms with Crippen molar-refractivity contribution in [2.75, 3.05) is 6.61 Å². The second kappa shape index (κ2) is 55.2. The van der Waals surface area contributed by atoms with Crippen molar-refractivity contribution in [3.63, 3.8) is 0 Å². The van der Waals surface area contributed by atoms with Gasteiger partial charge in [0.25, 0.3) is 0 Å². The molecular weight excluding hydrogens is 771 g/mol. The van der Waals surface area contributed by atoms with Crippen LogP contribution in [0.5, 0.6) is 0 Å². The average molecular weight is 887 g/mol. The van der Waals surface area contributed by atoms with E-state index in [0.717, 1.165) is 32.1 Å². The number of aliphatic hydroxyl groups is 2. The number of aliphatic hydroxyl groups excluding tert-OH is 2. The van der Waals surface area contributed by atoms with Gasteiger partial charge >= 0.3 is 0 Å². The van der Waals surface area contributed by atoms with Gasteiger partial charge in [-0.3, -0.25) is 4.79 Å². The van der Waals surface area contributed by atoms with E-state index in [2.05, 4.69) is 31.3 Å². The predicted molar refractivity (Wildman–Crippen MR) is 281 cm³/mol. The fraction of sp³-hybridized carbons (Fsp3) is 0.915. The zero-order chi connectivity index (χ0) is 45.6. The highest BCUT2D eigenvalue weighted by Crippen LogP contribution is 2.18. The van der Waals surface area contributed by atoms with Gasteiger partial charge in [-0.2, -0.15) is 0 Å². The normalized spacial score (nSPS) is 12.9. The van der Waals surface area contributed by atoms with Crippen LogP contribution in [0, 0.1) is 0 Å². The maximum Gasteiger partial charge on any atom is 0.220 e. The highest BCUT2D eigenvalue weighted by Gasteiger charge is 2.18. The molecule has 63 heavy (non-hydrogen) atoms. The third-order valence-electron chi connectivity index (χ3n) is 13.7. The van der Waals surface area contributed by atoms with Gasteiger partial charge in [-0.25, -0.2) is 0 Å². The molecule has 374 valence electrons. The molecule has 0 aliphatic heterocycles. The Hall–Kier alpha value is -1.13. The number of hydrogen-bond donors (Lipinski definition) is 3. The lowest BCUT2D eigenvalue weighted by atomic mass is 10.0. The van der Waals surface area contributed by atoms with Crippen LogP contribution in [0.15, 0.2) is 24.3 Å². The van der Waals surface area contributed by atoms with E-state index in [1.165, 1.54) is 276 Å². The van der Waals surface area contributed by atoms with Gasteiger partial charge in [0.05, 0.1) is 18.8 Å². The molecular formula is C59H115NO3. The first-order valence-electron chi connectivity index (χ1n) is 29.1. The van der Waals surface area contributed by atoms with Crippen molar-refractivity contribution in [1.82, 2.24) is 5.32 Å². The Morgan fingerprint density at radius 2 is 0.619 bits per heavy atom. The summed E-state index contributed by atoms with van der Waals surface area (Å²) in [4.78, 5) is 12.5. The molecule has 0 aromatic carbocycles. The van der Waals surface area contributed by atoms with Crippen LogP contribution in [-0.2, 0) is 4.79 Å². The zero-order valence-corrected chi connectivity index (χ0v) is 43.1. The monoisotopic (exact) mass is 886 g/mol. The standard InChI is InChI=1S/C59H115NO3/c1-3-5-7-9-11-13-15-17-19-21-23-24-25-26-27-28-29-30-31-32-33-34-35-37-39-41-43-45-47-49-51-53-55-59(63)60-57(56-61)58(62)54-52-50-48-46-44-42-40-38-36-22-20-18-16-14-12-10-8-6-4-2/h44,46,52,54,57-58,61-62H,3-43,45,47-51,53,55-56H2,1-2H3,(H,60,63)/b46-44+,54-52+. The summed E-state index contributed by atoms with van der Waals surface area (Å²) in [6.07, 6.45) is 73.6. The molecule has 2 unspecified atom stereocenters. The predicted octanol–water partition coefficient (Wildman–Crippen LogP) is 19.1. The van der Waals surface area contributed by atoms with Crippen LogP contribution in [0.25, 0.3) is 0 Å². The van der Waals surface area contributed by atoms with Gasteiger partial charge in [-0.05, 0) is 32.1 Å². The second-order valence-corrected chi connectivity index (χ2v) is 20.1. The van der Waals surface area contributed by atoms with Crippen molar-refractivity contribution in [3.8, 4) is 0 Å². The fourth-order valence-corrected chi connectivity index (χ4v) is 9.26. The van der Waals surface area contributed by atoms with Crippen molar-refractivity contribution in [2.24, 2.45) is 0 Å². The Bertz CT molecular complexity index is 916. The molecule has 4 heteroatoms. The minimum Gasteiger partial charge on any atom is -0.394 e. The number of amides is 1. The Morgan fingerprint density at radius 1 is 0.365 bits per heavy atom. The van der Waals surface area contributed by atoms with Gasteiger partial charge in [-0.15, -0.1) is 0 Å². The first-order valence-corrected chi connectivity index (χ1v) is 29.1. The van der Waals surface area contributed by atoms with Crippen molar-refractivity contribution in [2.45, 2.75) is 341 Å². The van der Waals surface area contributed by atoms with E-state index in [4.69, 9.17) is 0 Å². The molecule has 0 aromatic rings. The number of nitrogens with one attached hydrogen (secondary N) is 1. The lowest BCUT2D eigenvalue weighted by Crippen LogP contribution is -2.45. The van der Waals surface area contributed by atoms with Gasteiger partial charge in [0, 0.05) is 6.42 Å². The quantitative estimate of drug-likeness (QED) is 0.0421. The highest BCUT2D eigenvalue weighted by atomic mass is 16.3. The molecule has 0 aliphatic rings. The van der Waals surface area contributed by atoms with Gasteiger partial charge in [0.2, 0.25) is 5.91 Å². The molecule has 4 nitrogen and oxygen atoms in total. The molecule has 0 fully saturated rings. The average Bonchev–Trinajstić information content (AvgIpc) is 3.29. The first-order chi connectivity index (χ1) is 31.2. The second-order valence-electron chi connectivity index (χ2n) is 20.1. The molecule has 0 rings (SSSR count). The van der Waals surface area contributed by atoms with Crippen molar-refractivity contribution >= 4 is 5.91 Å². The summed E-state index contributed by atoms with van der Waals surface area (Å²) in [5, 5.41) is 23.1. The topological polar surface area (TPSA) is 69.6 Å². The van der Waals surface area contributed by atoms with Crippen LogP contribution >= 0.6 is 0 Å². The van der Waals surface area contributed by atoms with Crippen LogP contribution in [0.1, 0.15) is 328 Å². The molecule has 0 aliphatic carbocycles. The van der Waals surface area contributed by atoms with Crippen molar-refractivity contribution < 1.29 is 15.0 Å². The number of carbonyl (C=O) groups is 1. The molecule has 0 saturated carbocycles. The van der Waals surface area contributed by atoms with E-state index < -0.39 is 12.1 Å². The SMILES string of the molecule is CCCCCCCCCCCCCCC/C=C/CC/C=C/C(O)C(CO)NC(=O)CCCCCCCCCCCCCCCCCCCCCCCCCCCCCCCCCC. The van der Waals surface area contributed by atoms with E-state index >= 15 is 0 Å².